The topological polar surface area (TPSA) is 41.1 Å². The molecule has 18 heavy (non-hydrogen) atoms. The van der Waals surface area contributed by atoms with Crippen LogP contribution < -0.4 is 10.2 Å². The van der Waals surface area contributed by atoms with Gasteiger partial charge >= 0.3 is 0 Å². The lowest BCUT2D eigenvalue weighted by Gasteiger charge is -2.32. The molecule has 3 rings (SSSR count). The highest BCUT2D eigenvalue weighted by molar-refractivity contribution is 6.32. The van der Waals surface area contributed by atoms with E-state index in [1.54, 1.807) is 6.20 Å². The zero-order chi connectivity index (χ0) is 12.5. The number of nitrogens with zero attached hydrogens (tertiary/aromatic N) is 3. The highest BCUT2D eigenvalue weighted by Gasteiger charge is 2.37. The van der Waals surface area contributed by atoms with E-state index >= 15 is 0 Å². The van der Waals surface area contributed by atoms with Gasteiger partial charge in [0.05, 0.1) is 6.20 Å². The Morgan fingerprint density at radius 2 is 2.17 bits per heavy atom. The second-order valence-electron chi connectivity index (χ2n) is 5.21. The number of fused-ring (bicyclic) bond motifs is 1. The second-order valence-corrected chi connectivity index (χ2v) is 5.62. The van der Waals surface area contributed by atoms with Gasteiger partial charge in [0.25, 0.3) is 0 Å². The van der Waals surface area contributed by atoms with Crippen LogP contribution in [0.4, 0.5) is 11.8 Å². The number of halogens is 1. The molecule has 1 saturated heterocycles. The fourth-order valence-electron chi connectivity index (χ4n) is 3.35. The van der Waals surface area contributed by atoms with Crippen LogP contribution in [-0.2, 0) is 0 Å². The van der Waals surface area contributed by atoms with E-state index in [1.165, 1.54) is 32.1 Å². The molecule has 0 radical (unpaired) electrons. The first-order valence-electron chi connectivity index (χ1n) is 6.76. The number of anilines is 2. The maximum Gasteiger partial charge on any atom is 0.224 e. The van der Waals surface area contributed by atoms with Crippen LogP contribution in [0.15, 0.2) is 6.20 Å². The van der Waals surface area contributed by atoms with Crippen LogP contribution in [0.1, 0.15) is 32.1 Å². The molecule has 98 valence electrons. The molecule has 2 heterocycles. The van der Waals surface area contributed by atoms with Gasteiger partial charge in [-0.3, -0.25) is 0 Å². The van der Waals surface area contributed by atoms with Crippen molar-refractivity contribution < 1.29 is 0 Å². The van der Waals surface area contributed by atoms with Gasteiger partial charge in [0.15, 0.2) is 5.82 Å². The van der Waals surface area contributed by atoms with Crippen molar-refractivity contribution in [3.05, 3.63) is 11.2 Å². The highest BCUT2D eigenvalue weighted by atomic mass is 35.5. The third-order valence-corrected chi connectivity index (χ3v) is 4.50. The van der Waals surface area contributed by atoms with Gasteiger partial charge in [0, 0.05) is 19.6 Å². The zero-order valence-corrected chi connectivity index (χ0v) is 11.5. The third kappa shape index (κ3) is 2.03. The minimum Gasteiger partial charge on any atom is -0.357 e. The van der Waals surface area contributed by atoms with Gasteiger partial charge in [-0.2, -0.15) is 4.98 Å². The maximum absolute atomic E-state index is 6.27. The Bertz CT molecular complexity index is 437. The molecule has 1 aromatic rings. The molecule has 2 aliphatic rings. The van der Waals surface area contributed by atoms with Crippen molar-refractivity contribution in [3.8, 4) is 0 Å². The summed E-state index contributed by atoms with van der Waals surface area (Å²) in [6, 6.07) is 0.635. The van der Waals surface area contributed by atoms with Crippen molar-refractivity contribution in [3.63, 3.8) is 0 Å². The summed E-state index contributed by atoms with van der Waals surface area (Å²) in [7, 11) is 1.83. The Hall–Kier alpha value is -1.03. The molecule has 0 spiro atoms. The molecule has 1 aliphatic heterocycles. The minimum absolute atomic E-state index is 0.635. The maximum atomic E-state index is 6.27. The summed E-state index contributed by atoms with van der Waals surface area (Å²) in [5.74, 6) is 2.39. The fraction of sp³-hybridized carbons (Fsp3) is 0.692. The van der Waals surface area contributed by atoms with Gasteiger partial charge in [-0.1, -0.05) is 24.4 Å². The van der Waals surface area contributed by atoms with Crippen molar-refractivity contribution >= 4 is 23.4 Å². The van der Waals surface area contributed by atoms with E-state index < -0.39 is 0 Å². The van der Waals surface area contributed by atoms with Crippen molar-refractivity contribution in [2.45, 2.75) is 38.1 Å². The third-order valence-electron chi connectivity index (χ3n) is 4.23. The van der Waals surface area contributed by atoms with E-state index in [1.807, 2.05) is 7.05 Å². The largest absolute Gasteiger partial charge is 0.357 e. The van der Waals surface area contributed by atoms with E-state index in [0.29, 0.717) is 17.0 Å². The lowest BCUT2D eigenvalue weighted by atomic mass is 9.85. The normalized spacial score (nSPS) is 27.1. The molecule has 2 unspecified atom stereocenters. The summed E-state index contributed by atoms with van der Waals surface area (Å²) < 4.78 is 0. The quantitative estimate of drug-likeness (QED) is 0.894. The molecular formula is C13H19ClN4. The van der Waals surface area contributed by atoms with Gasteiger partial charge in [-0.15, -0.1) is 0 Å². The van der Waals surface area contributed by atoms with Gasteiger partial charge in [-0.05, 0) is 25.2 Å². The monoisotopic (exact) mass is 266 g/mol. The van der Waals surface area contributed by atoms with Crippen LogP contribution in [0.3, 0.4) is 0 Å². The molecule has 0 bridgehead atoms. The smallest absolute Gasteiger partial charge is 0.224 e. The van der Waals surface area contributed by atoms with Crippen molar-refractivity contribution in [1.82, 2.24) is 9.97 Å². The van der Waals surface area contributed by atoms with Gasteiger partial charge in [0.1, 0.15) is 5.02 Å². The first-order valence-corrected chi connectivity index (χ1v) is 7.14. The number of nitrogens with one attached hydrogen (secondary N) is 1. The molecule has 2 fully saturated rings. The molecule has 0 amide bonds. The van der Waals surface area contributed by atoms with Crippen LogP contribution in [-0.4, -0.2) is 29.6 Å². The van der Waals surface area contributed by atoms with Crippen LogP contribution in [0, 0.1) is 5.92 Å². The number of hydrogen-bond acceptors (Lipinski definition) is 4. The lowest BCUT2D eigenvalue weighted by molar-refractivity contribution is 0.341. The van der Waals surface area contributed by atoms with Crippen molar-refractivity contribution in [2.75, 3.05) is 23.8 Å². The molecule has 2 atom stereocenters. The lowest BCUT2D eigenvalue weighted by Crippen LogP contribution is -2.35. The standard InChI is InChI=1S/C13H19ClN4/c1-15-13-16-8-10(14)12(17-13)18-7-6-9-4-2-3-5-11(9)18/h8-9,11H,2-7H2,1H3,(H,15,16,17). The van der Waals surface area contributed by atoms with Gasteiger partial charge in [-0.25, -0.2) is 4.98 Å². The Balaban J connectivity index is 1.90. The van der Waals surface area contributed by atoms with E-state index in [0.717, 1.165) is 18.3 Å². The zero-order valence-electron chi connectivity index (χ0n) is 10.7. The predicted octanol–water partition coefficient (Wildman–Crippen LogP) is 2.94. The van der Waals surface area contributed by atoms with Crippen molar-refractivity contribution in [2.24, 2.45) is 5.92 Å². The summed E-state index contributed by atoms with van der Waals surface area (Å²) in [6.45, 7) is 1.08. The molecule has 4 nitrogen and oxygen atoms in total. The Labute approximate surface area is 113 Å². The summed E-state index contributed by atoms with van der Waals surface area (Å²) in [5, 5.41) is 3.65. The van der Waals surface area contributed by atoms with Gasteiger partial charge < -0.3 is 10.2 Å². The van der Waals surface area contributed by atoms with Crippen LogP contribution >= 0.6 is 11.6 Å². The van der Waals surface area contributed by atoms with Gasteiger partial charge in [0.2, 0.25) is 5.95 Å². The second kappa shape index (κ2) is 4.92. The van der Waals surface area contributed by atoms with E-state index in [4.69, 9.17) is 11.6 Å². The summed E-state index contributed by atoms with van der Waals surface area (Å²) in [5.41, 5.74) is 0. The fourth-order valence-corrected chi connectivity index (χ4v) is 3.55. The average molecular weight is 267 g/mol. The molecule has 1 aliphatic carbocycles. The molecule has 0 aromatic carbocycles. The summed E-state index contributed by atoms with van der Waals surface area (Å²) in [6.07, 6.45) is 8.34. The molecule has 1 saturated carbocycles. The summed E-state index contributed by atoms with van der Waals surface area (Å²) in [4.78, 5) is 11.1. The summed E-state index contributed by atoms with van der Waals surface area (Å²) >= 11 is 6.27. The van der Waals surface area contributed by atoms with E-state index in [-0.39, 0.29) is 0 Å². The van der Waals surface area contributed by atoms with Crippen molar-refractivity contribution in [1.29, 1.82) is 0 Å². The Morgan fingerprint density at radius 1 is 1.33 bits per heavy atom. The predicted molar refractivity (Wildman–Crippen MR) is 74.3 cm³/mol. The SMILES string of the molecule is CNc1ncc(Cl)c(N2CCC3CCCCC32)n1. The first kappa shape index (κ1) is 12.0. The minimum atomic E-state index is 0.635. The van der Waals surface area contributed by atoms with E-state index in [2.05, 4.69) is 20.2 Å². The molecule has 1 N–H and O–H groups in total. The Kier molecular flexibility index (Phi) is 3.29. The number of hydrogen-bond donors (Lipinski definition) is 1. The van der Waals surface area contributed by atoms with Crippen LogP contribution in [0.5, 0.6) is 0 Å². The molecule has 1 aromatic heterocycles. The van der Waals surface area contributed by atoms with Crippen LogP contribution in [0.25, 0.3) is 0 Å². The van der Waals surface area contributed by atoms with E-state index in [9.17, 15) is 0 Å². The molecular weight excluding hydrogens is 248 g/mol. The molecule has 5 heteroatoms. The van der Waals surface area contributed by atoms with Crippen LogP contribution in [0.2, 0.25) is 5.02 Å². The first-order chi connectivity index (χ1) is 8.79. The average Bonchev–Trinajstić information content (AvgIpc) is 2.83. The Morgan fingerprint density at radius 3 is 3.00 bits per heavy atom. The number of rotatable bonds is 2. The number of aromatic nitrogens is 2. The highest BCUT2D eigenvalue weighted by Crippen LogP contribution is 2.40.